The third-order valence-corrected chi connectivity index (χ3v) is 2.87. The van der Waals surface area contributed by atoms with Crippen molar-refractivity contribution in [2.24, 2.45) is 0 Å². The van der Waals surface area contributed by atoms with Crippen LogP contribution >= 0.6 is 0 Å². The average Bonchev–Trinajstić information content (AvgIpc) is 2.30. The molecule has 0 aromatic carbocycles. The Morgan fingerprint density at radius 2 is 1.75 bits per heavy atom. The lowest BCUT2D eigenvalue weighted by atomic mass is 10.0. The Morgan fingerprint density at radius 3 is 2.38 bits per heavy atom. The van der Waals surface area contributed by atoms with E-state index in [0.29, 0.717) is 12.8 Å². The number of nitrogens with one attached hydrogen (secondary N) is 1. The molecule has 0 unspecified atom stereocenters. The SMILES string of the molecule is CCCCCCCC[C@@H](O)CCC(=O)NC. The number of aliphatic hydroxyl groups excluding tert-OH is 1. The molecule has 0 rings (SSSR count). The fraction of sp³-hybridized carbons (Fsp3) is 0.923. The highest BCUT2D eigenvalue weighted by atomic mass is 16.3. The minimum absolute atomic E-state index is 0.0157. The summed E-state index contributed by atoms with van der Waals surface area (Å²) in [5.74, 6) is 0.0157. The van der Waals surface area contributed by atoms with Crippen LogP contribution in [-0.2, 0) is 4.79 Å². The van der Waals surface area contributed by atoms with Crippen molar-refractivity contribution < 1.29 is 9.90 Å². The van der Waals surface area contributed by atoms with E-state index >= 15 is 0 Å². The van der Waals surface area contributed by atoms with Crippen molar-refractivity contribution in [3.63, 3.8) is 0 Å². The molecular weight excluding hydrogens is 202 g/mol. The molecule has 0 aromatic heterocycles. The number of rotatable bonds is 10. The Kier molecular flexibility index (Phi) is 10.5. The molecule has 2 N–H and O–H groups in total. The van der Waals surface area contributed by atoms with Gasteiger partial charge in [0.25, 0.3) is 0 Å². The van der Waals surface area contributed by atoms with E-state index in [1.54, 1.807) is 7.05 Å². The molecule has 3 nitrogen and oxygen atoms in total. The number of unbranched alkanes of at least 4 members (excludes halogenated alkanes) is 5. The van der Waals surface area contributed by atoms with Crippen LogP contribution in [0.15, 0.2) is 0 Å². The first-order valence-electron chi connectivity index (χ1n) is 6.59. The van der Waals surface area contributed by atoms with E-state index in [9.17, 15) is 9.90 Å². The Morgan fingerprint density at radius 1 is 1.12 bits per heavy atom. The Labute approximate surface area is 99.6 Å². The number of aliphatic hydroxyl groups is 1. The van der Waals surface area contributed by atoms with Crippen molar-refractivity contribution in [1.29, 1.82) is 0 Å². The quantitative estimate of drug-likeness (QED) is 0.566. The normalized spacial score (nSPS) is 12.4. The van der Waals surface area contributed by atoms with Gasteiger partial charge in [0, 0.05) is 13.5 Å². The van der Waals surface area contributed by atoms with Gasteiger partial charge in [0.05, 0.1) is 6.10 Å². The highest BCUT2D eigenvalue weighted by Gasteiger charge is 2.06. The number of carbonyl (C=O) groups is 1. The van der Waals surface area contributed by atoms with Gasteiger partial charge in [-0.25, -0.2) is 0 Å². The van der Waals surface area contributed by atoms with Crippen molar-refractivity contribution >= 4 is 5.91 Å². The lowest BCUT2D eigenvalue weighted by Gasteiger charge is -2.09. The standard InChI is InChI=1S/C13H27NO2/c1-3-4-5-6-7-8-9-12(15)10-11-13(16)14-2/h12,15H,3-11H2,1-2H3,(H,14,16)/t12-/m1/s1. The highest BCUT2D eigenvalue weighted by molar-refractivity contribution is 5.75. The van der Waals surface area contributed by atoms with Crippen LogP contribution in [0, 0.1) is 0 Å². The van der Waals surface area contributed by atoms with Gasteiger partial charge >= 0.3 is 0 Å². The first kappa shape index (κ1) is 15.4. The molecular formula is C13H27NO2. The van der Waals surface area contributed by atoms with E-state index in [2.05, 4.69) is 12.2 Å². The maximum atomic E-state index is 10.9. The highest BCUT2D eigenvalue weighted by Crippen LogP contribution is 2.11. The molecule has 0 aliphatic heterocycles. The Bertz CT molecular complexity index is 171. The molecule has 0 saturated heterocycles. The topological polar surface area (TPSA) is 49.3 Å². The van der Waals surface area contributed by atoms with Crippen LogP contribution < -0.4 is 5.32 Å². The van der Waals surface area contributed by atoms with Crippen LogP contribution in [0.4, 0.5) is 0 Å². The summed E-state index contributed by atoms with van der Waals surface area (Å²) in [6.45, 7) is 2.21. The Hall–Kier alpha value is -0.570. The molecule has 0 fully saturated rings. The summed E-state index contributed by atoms with van der Waals surface area (Å²) in [6, 6.07) is 0. The number of hydrogen-bond donors (Lipinski definition) is 2. The average molecular weight is 229 g/mol. The van der Waals surface area contributed by atoms with E-state index in [-0.39, 0.29) is 12.0 Å². The molecule has 0 spiro atoms. The lowest BCUT2D eigenvalue weighted by molar-refractivity contribution is -0.121. The molecule has 0 bridgehead atoms. The number of carbonyl (C=O) groups excluding carboxylic acids is 1. The molecule has 3 heteroatoms. The van der Waals surface area contributed by atoms with Gasteiger partial charge in [0.1, 0.15) is 0 Å². The zero-order valence-electron chi connectivity index (χ0n) is 10.8. The summed E-state index contributed by atoms with van der Waals surface area (Å²) in [7, 11) is 1.63. The summed E-state index contributed by atoms with van der Waals surface area (Å²) >= 11 is 0. The molecule has 0 aliphatic rings. The van der Waals surface area contributed by atoms with Crippen LogP contribution in [0.2, 0.25) is 0 Å². The largest absolute Gasteiger partial charge is 0.393 e. The van der Waals surface area contributed by atoms with Crippen LogP contribution in [0.25, 0.3) is 0 Å². The molecule has 1 amide bonds. The van der Waals surface area contributed by atoms with Crippen molar-refractivity contribution in [3.05, 3.63) is 0 Å². The molecule has 96 valence electrons. The van der Waals surface area contributed by atoms with Gasteiger partial charge in [-0.2, -0.15) is 0 Å². The predicted molar refractivity (Wildman–Crippen MR) is 67.3 cm³/mol. The fourth-order valence-electron chi connectivity index (χ4n) is 1.73. The van der Waals surface area contributed by atoms with Gasteiger partial charge in [0.15, 0.2) is 0 Å². The van der Waals surface area contributed by atoms with Crippen LogP contribution in [0.5, 0.6) is 0 Å². The predicted octanol–water partition coefficient (Wildman–Crippen LogP) is 2.62. The minimum Gasteiger partial charge on any atom is -0.393 e. The van der Waals surface area contributed by atoms with Crippen molar-refractivity contribution in [1.82, 2.24) is 5.32 Å². The van der Waals surface area contributed by atoms with Gasteiger partial charge in [-0.1, -0.05) is 45.4 Å². The third kappa shape index (κ3) is 9.97. The minimum atomic E-state index is -0.302. The zero-order chi connectivity index (χ0) is 12.2. The summed E-state index contributed by atoms with van der Waals surface area (Å²) in [5.41, 5.74) is 0. The maximum Gasteiger partial charge on any atom is 0.219 e. The van der Waals surface area contributed by atoms with Crippen LogP contribution in [0.1, 0.15) is 64.7 Å². The molecule has 0 aliphatic carbocycles. The molecule has 16 heavy (non-hydrogen) atoms. The summed E-state index contributed by atoms with van der Waals surface area (Å²) in [5, 5.41) is 12.2. The second kappa shape index (κ2) is 10.9. The Balaban J connectivity index is 3.23. The zero-order valence-corrected chi connectivity index (χ0v) is 10.8. The van der Waals surface area contributed by atoms with Crippen molar-refractivity contribution in [2.75, 3.05) is 7.05 Å². The van der Waals surface area contributed by atoms with Gasteiger partial charge in [0.2, 0.25) is 5.91 Å². The van der Waals surface area contributed by atoms with Crippen LogP contribution in [0.3, 0.4) is 0 Å². The van der Waals surface area contributed by atoms with Crippen molar-refractivity contribution in [2.45, 2.75) is 70.8 Å². The first-order valence-corrected chi connectivity index (χ1v) is 6.59. The number of amides is 1. The van der Waals surface area contributed by atoms with Crippen molar-refractivity contribution in [3.8, 4) is 0 Å². The van der Waals surface area contributed by atoms with Crippen LogP contribution in [-0.4, -0.2) is 24.2 Å². The van der Waals surface area contributed by atoms with E-state index in [1.807, 2.05) is 0 Å². The second-order valence-corrected chi connectivity index (χ2v) is 4.42. The van der Waals surface area contributed by atoms with E-state index in [4.69, 9.17) is 0 Å². The summed E-state index contributed by atoms with van der Waals surface area (Å²) in [6.07, 6.45) is 9.03. The van der Waals surface area contributed by atoms with Gasteiger partial charge in [-0.3, -0.25) is 4.79 Å². The molecule has 0 heterocycles. The summed E-state index contributed by atoms with van der Waals surface area (Å²) < 4.78 is 0. The molecule has 1 atom stereocenters. The number of hydrogen-bond acceptors (Lipinski definition) is 2. The van der Waals surface area contributed by atoms with Gasteiger partial charge in [-0.15, -0.1) is 0 Å². The van der Waals surface area contributed by atoms with E-state index in [0.717, 1.165) is 12.8 Å². The van der Waals surface area contributed by atoms with E-state index < -0.39 is 0 Å². The third-order valence-electron chi connectivity index (χ3n) is 2.87. The van der Waals surface area contributed by atoms with Gasteiger partial charge < -0.3 is 10.4 Å². The molecule has 0 saturated carbocycles. The second-order valence-electron chi connectivity index (χ2n) is 4.42. The molecule has 0 aromatic rings. The molecule has 0 radical (unpaired) electrons. The monoisotopic (exact) mass is 229 g/mol. The summed E-state index contributed by atoms with van der Waals surface area (Å²) in [4.78, 5) is 10.9. The maximum absolute atomic E-state index is 10.9. The fourth-order valence-corrected chi connectivity index (χ4v) is 1.73. The smallest absolute Gasteiger partial charge is 0.219 e. The van der Waals surface area contributed by atoms with Gasteiger partial charge in [-0.05, 0) is 12.8 Å². The lowest BCUT2D eigenvalue weighted by Crippen LogP contribution is -2.19. The first-order chi connectivity index (χ1) is 7.70. The van der Waals surface area contributed by atoms with E-state index in [1.165, 1.54) is 32.1 Å².